The fraction of sp³-hybridized carbons (Fsp3) is 0.297. The molecule has 1 heterocycles. The third-order valence-corrected chi connectivity index (χ3v) is 8.19. The number of aliphatic carboxylic acids is 1. The van der Waals surface area contributed by atoms with E-state index in [0.717, 1.165) is 44.9 Å². The molecule has 238 valence electrons. The number of carboxylic acids is 1. The minimum Gasteiger partial charge on any atom is -0.489 e. The third kappa shape index (κ3) is 7.26. The molecular weight excluding hydrogens is 584 g/mol. The van der Waals surface area contributed by atoms with Gasteiger partial charge in [0, 0.05) is 17.7 Å². The smallest absolute Gasteiger partial charge is 0.326 e. The molecular formula is C37H38N2O7. The normalized spacial score (nSPS) is 14.1. The Morgan fingerprint density at radius 1 is 1.00 bits per heavy atom. The van der Waals surface area contributed by atoms with Gasteiger partial charge in [0.2, 0.25) is 0 Å². The summed E-state index contributed by atoms with van der Waals surface area (Å²) in [6.07, 6.45) is 0.537. The first-order valence-corrected chi connectivity index (χ1v) is 15.2. The van der Waals surface area contributed by atoms with Gasteiger partial charge in [-0.25, -0.2) is 0 Å². The van der Waals surface area contributed by atoms with Crippen LogP contribution in [0.5, 0.6) is 23.0 Å². The van der Waals surface area contributed by atoms with E-state index >= 15 is 0 Å². The van der Waals surface area contributed by atoms with Crippen molar-refractivity contribution < 1.29 is 34.0 Å². The number of nitrogens with zero attached hydrogens (tertiary/aromatic N) is 1. The zero-order chi connectivity index (χ0) is 32.7. The third-order valence-electron chi connectivity index (χ3n) is 8.19. The molecule has 0 aliphatic carbocycles. The molecule has 9 heteroatoms. The summed E-state index contributed by atoms with van der Waals surface area (Å²) in [6.45, 7) is 6.43. The average molecular weight is 623 g/mol. The van der Waals surface area contributed by atoms with Crippen LogP contribution in [0.4, 0.5) is 0 Å². The van der Waals surface area contributed by atoms with Crippen molar-refractivity contribution in [1.29, 1.82) is 5.26 Å². The van der Waals surface area contributed by atoms with Gasteiger partial charge in [-0.15, -0.1) is 0 Å². The molecule has 4 aromatic rings. The van der Waals surface area contributed by atoms with Crippen LogP contribution in [0.25, 0.3) is 11.1 Å². The Bertz CT molecular complexity index is 1750. The maximum absolute atomic E-state index is 12.0. The average Bonchev–Trinajstić information content (AvgIpc) is 3.09. The van der Waals surface area contributed by atoms with Gasteiger partial charge in [-0.1, -0.05) is 49.4 Å². The van der Waals surface area contributed by atoms with Gasteiger partial charge >= 0.3 is 5.97 Å². The van der Waals surface area contributed by atoms with Crippen molar-refractivity contribution >= 4 is 5.97 Å². The zero-order valence-electron chi connectivity index (χ0n) is 26.2. The van der Waals surface area contributed by atoms with Crippen LogP contribution < -0.4 is 24.3 Å². The van der Waals surface area contributed by atoms with Crippen molar-refractivity contribution in [3.05, 3.63) is 107 Å². The highest BCUT2D eigenvalue weighted by Crippen LogP contribution is 2.37. The number of hydrogen-bond acceptors (Lipinski definition) is 8. The van der Waals surface area contributed by atoms with Gasteiger partial charge in [0.1, 0.15) is 43.5 Å². The summed E-state index contributed by atoms with van der Waals surface area (Å²) >= 11 is 0. The Kier molecular flexibility index (Phi) is 10.1. The molecule has 1 aliphatic rings. The van der Waals surface area contributed by atoms with Crippen LogP contribution in [-0.2, 0) is 18.0 Å². The van der Waals surface area contributed by atoms with E-state index in [9.17, 15) is 20.3 Å². The number of aliphatic hydroxyl groups is 1. The van der Waals surface area contributed by atoms with E-state index in [2.05, 4.69) is 24.4 Å². The summed E-state index contributed by atoms with van der Waals surface area (Å²) in [7, 11) is 0. The number of ether oxygens (including phenoxy) is 4. The Hall–Kier alpha value is -5.04. The molecule has 0 saturated heterocycles. The summed E-state index contributed by atoms with van der Waals surface area (Å²) < 4.78 is 24.0. The number of hydrogen-bond donors (Lipinski definition) is 3. The number of carboxylic acid groups (broad SMARTS) is 1. The fourth-order valence-electron chi connectivity index (χ4n) is 5.39. The summed E-state index contributed by atoms with van der Waals surface area (Å²) in [5.74, 6) is 1.41. The van der Waals surface area contributed by atoms with E-state index in [1.165, 1.54) is 6.92 Å². The predicted molar refractivity (Wildman–Crippen MR) is 173 cm³/mol. The van der Waals surface area contributed by atoms with Crippen LogP contribution in [0, 0.1) is 18.3 Å². The monoisotopic (exact) mass is 622 g/mol. The topological polar surface area (TPSA) is 130 Å². The molecule has 0 amide bonds. The number of aliphatic hydroxyl groups excluding tert-OH is 1. The van der Waals surface area contributed by atoms with Gasteiger partial charge in [0.25, 0.3) is 0 Å². The van der Waals surface area contributed by atoms with Gasteiger partial charge in [0.15, 0.2) is 11.5 Å². The van der Waals surface area contributed by atoms with E-state index in [1.807, 2.05) is 55.5 Å². The molecule has 5 rings (SSSR count). The maximum atomic E-state index is 12.0. The lowest BCUT2D eigenvalue weighted by molar-refractivity contribution is -0.146. The molecule has 1 aliphatic heterocycles. The lowest BCUT2D eigenvalue weighted by atomic mass is 9.96. The van der Waals surface area contributed by atoms with Crippen LogP contribution >= 0.6 is 0 Å². The van der Waals surface area contributed by atoms with E-state index in [0.29, 0.717) is 43.3 Å². The second-order valence-electron chi connectivity index (χ2n) is 11.4. The summed E-state index contributed by atoms with van der Waals surface area (Å²) in [4.78, 5) is 12.0. The van der Waals surface area contributed by atoms with Crippen molar-refractivity contribution in [2.75, 3.05) is 19.8 Å². The van der Waals surface area contributed by atoms with E-state index in [-0.39, 0.29) is 6.61 Å². The molecule has 0 radical (unpaired) electrons. The SMILES string of the molecule is CCC(NC(C)(CO)C(=O)O)c1ccc(OCc2cccc(-c3ccc4c(c3)OCCO4)c2C)cc1OCc1cccc(C#N)c1. The Morgan fingerprint density at radius 2 is 1.78 bits per heavy atom. The Balaban J connectivity index is 1.40. The molecule has 46 heavy (non-hydrogen) atoms. The van der Waals surface area contributed by atoms with Crippen LogP contribution in [0.3, 0.4) is 0 Å². The number of benzene rings is 4. The fourth-order valence-corrected chi connectivity index (χ4v) is 5.39. The van der Waals surface area contributed by atoms with Crippen molar-refractivity contribution in [2.24, 2.45) is 0 Å². The molecule has 2 atom stereocenters. The van der Waals surface area contributed by atoms with Crippen LogP contribution in [0.1, 0.15) is 54.1 Å². The second-order valence-corrected chi connectivity index (χ2v) is 11.4. The molecule has 0 saturated carbocycles. The minimum atomic E-state index is -1.55. The Labute approximate surface area is 268 Å². The summed E-state index contributed by atoms with van der Waals surface area (Å²) in [6, 6.07) is 26.4. The largest absolute Gasteiger partial charge is 0.489 e. The molecule has 9 nitrogen and oxygen atoms in total. The van der Waals surface area contributed by atoms with Crippen LogP contribution in [-0.4, -0.2) is 41.5 Å². The lowest BCUT2D eigenvalue weighted by Gasteiger charge is -2.31. The number of carbonyl (C=O) groups is 1. The molecule has 0 bridgehead atoms. The van der Waals surface area contributed by atoms with Gasteiger partial charge in [0.05, 0.1) is 18.2 Å². The first kappa shape index (κ1) is 32.4. The predicted octanol–water partition coefficient (Wildman–Crippen LogP) is 6.34. The van der Waals surface area contributed by atoms with Gasteiger partial charge in [-0.2, -0.15) is 5.26 Å². The minimum absolute atomic E-state index is 0.190. The number of rotatable bonds is 13. The maximum Gasteiger partial charge on any atom is 0.326 e. The molecule has 0 aromatic heterocycles. The second kappa shape index (κ2) is 14.4. The highest BCUT2D eigenvalue weighted by atomic mass is 16.6. The van der Waals surface area contributed by atoms with Crippen molar-refractivity contribution in [1.82, 2.24) is 5.32 Å². The van der Waals surface area contributed by atoms with Crippen molar-refractivity contribution in [3.63, 3.8) is 0 Å². The first-order valence-electron chi connectivity index (χ1n) is 15.2. The molecule has 3 N–H and O–H groups in total. The van der Waals surface area contributed by atoms with Crippen molar-refractivity contribution in [3.8, 4) is 40.2 Å². The number of nitriles is 1. The highest BCUT2D eigenvalue weighted by molar-refractivity contribution is 5.78. The van der Waals surface area contributed by atoms with E-state index in [1.54, 1.807) is 24.3 Å². The lowest BCUT2D eigenvalue weighted by Crippen LogP contribution is -2.53. The summed E-state index contributed by atoms with van der Waals surface area (Å²) in [5.41, 5.74) is 4.71. The van der Waals surface area contributed by atoms with Gasteiger partial charge in [-0.05, 0) is 78.4 Å². The Morgan fingerprint density at radius 3 is 2.52 bits per heavy atom. The van der Waals surface area contributed by atoms with E-state index in [4.69, 9.17) is 18.9 Å². The van der Waals surface area contributed by atoms with E-state index < -0.39 is 24.2 Å². The molecule has 4 aromatic carbocycles. The van der Waals surface area contributed by atoms with Crippen molar-refractivity contribution in [2.45, 2.75) is 52.0 Å². The molecule has 0 spiro atoms. The molecule has 2 unspecified atom stereocenters. The summed E-state index contributed by atoms with van der Waals surface area (Å²) in [5, 5.41) is 32.1. The number of nitrogens with one attached hydrogen (secondary N) is 1. The standard InChI is InChI=1S/C37H38N2O7/c1-4-32(39-37(3,23-40)36(41)42)31-13-12-29(19-34(31)46-21-26-8-5-7-25(17-26)20-38)45-22-28-9-6-10-30(24(28)2)27-11-14-33-35(18-27)44-16-15-43-33/h5-14,17-19,32,39-40H,4,15-16,21-23H2,1-3H3,(H,41,42). The highest BCUT2D eigenvalue weighted by Gasteiger charge is 2.35. The zero-order valence-corrected chi connectivity index (χ0v) is 26.2. The van der Waals surface area contributed by atoms with Gasteiger partial charge < -0.3 is 29.2 Å². The quantitative estimate of drug-likeness (QED) is 0.156. The molecule has 0 fully saturated rings. The van der Waals surface area contributed by atoms with Crippen LogP contribution in [0.2, 0.25) is 0 Å². The van der Waals surface area contributed by atoms with Gasteiger partial charge in [-0.3, -0.25) is 10.1 Å². The van der Waals surface area contributed by atoms with Crippen LogP contribution in [0.15, 0.2) is 78.9 Å². The first-order chi connectivity index (χ1) is 22.2. The number of fused-ring (bicyclic) bond motifs is 1.